The number of hydrogen-bond donors (Lipinski definition) is 1. The molecule has 0 radical (unpaired) electrons. The number of benzene rings is 2. The Labute approximate surface area is 177 Å². The summed E-state index contributed by atoms with van der Waals surface area (Å²) < 4.78 is 1.60. The molecule has 6 nitrogen and oxygen atoms in total. The van der Waals surface area contributed by atoms with Gasteiger partial charge in [-0.2, -0.15) is 5.26 Å². The first-order chi connectivity index (χ1) is 13.9. The van der Waals surface area contributed by atoms with Crippen molar-refractivity contribution in [2.75, 3.05) is 11.1 Å². The molecule has 0 aliphatic carbocycles. The van der Waals surface area contributed by atoms with Gasteiger partial charge in [-0.1, -0.05) is 49.3 Å². The SMILES string of the molecule is CC(C)Cn1c(SCC(=O)Nc2ccccc2C#N)nc2cc(Cl)ccc2c1=O. The molecule has 1 amide bonds. The number of nitriles is 1. The average Bonchev–Trinajstić information content (AvgIpc) is 2.68. The average molecular weight is 427 g/mol. The summed E-state index contributed by atoms with van der Waals surface area (Å²) in [6, 6.07) is 13.8. The molecule has 8 heteroatoms. The van der Waals surface area contributed by atoms with Gasteiger partial charge in [-0.25, -0.2) is 4.98 Å². The number of nitrogens with one attached hydrogen (secondary N) is 1. The number of hydrogen-bond acceptors (Lipinski definition) is 5. The van der Waals surface area contributed by atoms with Crippen molar-refractivity contribution in [3.63, 3.8) is 0 Å². The summed E-state index contributed by atoms with van der Waals surface area (Å²) in [7, 11) is 0. The highest BCUT2D eigenvalue weighted by atomic mass is 35.5. The quantitative estimate of drug-likeness (QED) is 0.468. The molecule has 3 rings (SSSR count). The molecule has 0 bridgehead atoms. The maximum absolute atomic E-state index is 12.9. The van der Waals surface area contributed by atoms with Crippen molar-refractivity contribution < 1.29 is 4.79 Å². The summed E-state index contributed by atoms with van der Waals surface area (Å²) in [5, 5.41) is 13.3. The smallest absolute Gasteiger partial charge is 0.262 e. The molecule has 2 aromatic carbocycles. The molecule has 0 saturated heterocycles. The third-order valence-corrected chi connectivity index (χ3v) is 5.30. The van der Waals surface area contributed by atoms with Crippen molar-refractivity contribution in [3.8, 4) is 6.07 Å². The van der Waals surface area contributed by atoms with E-state index in [1.165, 1.54) is 11.8 Å². The van der Waals surface area contributed by atoms with Gasteiger partial charge in [0.25, 0.3) is 5.56 Å². The van der Waals surface area contributed by atoms with E-state index < -0.39 is 0 Å². The van der Waals surface area contributed by atoms with E-state index in [4.69, 9.17) is 16.9 Å². The third-order valence-electron chi connectivity index (χ3n) is 4.08. The van der Waals surface area contributed by atoms with E-state index in [0.29, 0.717) is 38.9 Å². The molecule has 0 saturated carbocycles. The lowest BCUT2D eigenvalue weighted by molar-refractivity contribution is -0.113. The van der Waals surface area contributed by atoms with Crippen LogP contribution in [-0.4, -0.2) is 21.2 Å². The largest absolute Gasteiger partial charge is 0.324 e. The fourth-order valence-corrected chi connectivity index (χ4v) is 3.79. The summed E-state index contributed by atoms with van der Waals surface area (Å²) >= 11 is 7.23. The van der Waals surface area contributed by atoms with Gasteiger partial charge in [0, 0.05) is 11.6 Å². The standard InChI is InChI=1S/C21H19ClN4O2S/c1-13(2)11-26-20(28)16-8-7-15(22)9-18(16)25-21(26)29-12-19(27)24-17-6-4-3-5-14(17)10-23/h3-9,13H,11-12H2,1-2H3,(H,24,27). The van der Waals surface area contributed by atoms with Crippen LogP contribution in [-0.2, 0) is 11.3 Å². The Kier molecular flexibility index (Phi) is 6.57. The van der Waals surface area contributed by atoms with Crippen molar-refractivity contribution in [2.24, 2.45) is 5.92 Å². The number of anilines is 1. The molecular formula is C21H19ClN4O2S. The van der Waals surface area contributed by atoms with Crippen LogP contribution in [0.15, 0.2) is 52.4 Å². The summed E-state index contributed by atoms with van der Waals surface area (Å²) in [6.45, 7) is 4.52. The van der Waals surface area contributed by atoms with Crippen molar-refractivity contribution in [2.45, 2.75) is 25.5 Å². The first kappa shape index (κ1) is 20.9. The number of carbonyl (C=O) groups excluding carboxylic acids is 1. The lowest BCUT2D eigenvalue weighted by Crippen LogP contribution is -2.26. The normalized spacial score (nSPS) is 10.9. The minimum absolute atomic E-state index is 0.0520. The van der Waals surface area contributed by atoms with Crippen LogP contribution in [0, 0.1) is 17.2 Å². The van der Waals surface area contributed by atoms with Crippen molar-refractivity contribution in [1.82, 2.24) is 9.55 Å². The Morgan fingerprint density at radius 1 is 1.31 bits per heavy atom. The van der Waals surface area contributed by atoms with E-state index in [1.807, 2.05) is 19.9 Å². The molecule has 29 heavy (non-hydrogen) atoms. The zero-order valence-corrected chi connectivity index (χ0v) is 17.5. The first-order valence-corrected chi connectivity index (χ1v) is 10.4. The van der Waals surface area contributed by atoms with Gasteiger partial charge in [-0.05, 0) is 36.2 Å². The summed E-state index contributed by atoms with van der Waals surface area (Å²) in [5.74, 6) is 0.000260. The zero-order chi connectivity index (χ0) is 21.0. The fraction of sp³-hybridized carbons (Fsp3) is 0.238. The van der Waals surface area contributed by atoms with Crippen molar-refractivity contribution >= 4 is 45.9 Å². The lowest BCUT2D eigenvalue weighted by atomic mass is 10.2. The monoisotopic (exact) mass is 426 g/mol. The molecule has 0 spiro atoms. The Balaban J connectivity index is 1.87. The van der Waals surface area contributed by atoms with Gasteiger partial charge in [0.1, 0.15) is 6.07 Å². The molecule has 0 unspecified atom stereocenters. The van der Waals surface area contributed by atoms with Gasteiger partial charge in [-0.3, -0.25) is 14.2 Å². The van der Waals surface area contributed by atoms with Crippen LogP contribution in [0.25, 0.3) is 10.9 Å². The maximum Gasteiger partial charge on any atom is 0.262 e. The fourth-order valence-electron chi connectivity index (χ4n) is 2.82. The maximum atomic E-state index is 12.9. The van der Waals surface area contributed by atoms with Crippen LogP contribution in [0.5, 0.6) is 0 Å². The van der Waals surface area contributed by atoms with Crippen LogP contribution in [0.1, 0.15) is 19.4 Å². The zero-order valence-electron chi connectivity index (χ0n) is 16.0. The van der Waals surface area contributed by atoms with E-state index >= 15 is 0 Å². The number of fused-ring (bicyclic) bond motifs is 1. The highest BCUT2D eigenvalue weighted by Crippen LogP contribution is 2.22. The molecule has 148 valence electrons. The number of amides is 1. The molecule has 1 N–H and O–H groups in total. The minimum atomic E-state index is -0.283. The van der Waals surface area contributed by atoms with Crippen LogP contribution in [0.2, 0.25) is 5.02 Å². The second-order valence-electron chi connectivity index (χ2n) is 6.86. The van der Waals surface area contributed by atoms with Crippen molar-refractivity contribution in [3.05, 3.63) is 63.4 Å². The van der Waals surface area contributed by atoms with Crippen LogP contribution >= 0.6 is 23.4 Å². The van der Waals surface area contributed by atoms with Crippen molar-refractivity contribution in [1.29, 1.82) is 5.26 Å². The van der Waals surface area contributed by atoms with Gasteiger partial charge in [0.15, 0.2) is 5.16 Å². The van der Waals surface area contributed by atoms with E-state index in [9.17, 15) is 9.59 Å². The molecule has 1 heterocycles. The summed E-state index contributed by atoms with van der Waals surface area (Å²) in [4.78, 5) is 29.9. The van der Waals surface area contributed by atoms with Crippen LogP contribution < -0.4 is 10.9 Å². The number of aromatic nitrogens is 2. The van der Waals surface area contributed by atoms with E-state index in [-0.39, 0.29) is 23.1 Å². The Morgan fingerprint density at radius 2 is 2.07 bits per heavy atom. The second kappa shape index (κ2) is 9.12. The third kappa shape index (κ3) is 4.97. The van der Waals surface area contributed by atoms with E-state index in [1.54, 1.807) is 47.0 Å². The second-order valence-corrected chi connectivity index (χ2v) is 8.24. The summed E-state index contributed by atoms with van der Waals surface area (Å²) in [5.41, 5.74) is 1.19. The van der Waals surface area contributed by atoms with Gasteiger partial charge in [-0.15, -0.1) is 0 Å². The van der Waals surface area contributed by atoms with Crippen LogP contribution in [0.3, 0.4) is 0 Å². The Morgan fingerprint density at radius 3 is 2.79 bits per heavy atom. The number of thioether (sulfide) groups is 1. The number of halogens is 1. The highest BCUT2D eigenvalue weighted by Gasteiger charge is 2.15. The topological polar surface area (TPSA) is 87.8 Å². The molecular weight excluding hydrogens is 408 g/mol. The predicted octanol–water partition coefficient (Wildman–Crippen LogP) is 4.31. The van der Waals surface area contributed by atoms with Gasteiger partial charge >= 0.3 is 0 Å². The molecule has 0 aliphatic heterocycles. The number of rotatable bonds is 6. The summed E-state index contributed by atoms with van der Waals surface area (Å²) in [6.07, 6.45) is 0. The highest BCUT2D eigenvalue weighted by molar-refractivity contribution is 7.99. The Hall–Kier alpha value is -2.82. The molecule has 1 aromatic heterocycles. The Bertz CT molecular complexity index is 1170. The molecule has 3 aromatic rings. The predicted molar refractivity (Wildman–Crippen MR) is 116 cm³/mol. The van der Waals surface area contributed by atoms with Gasteiger partial charge in [0.2, 0.25) is 5.91 Å². The molecule has 0 fully saturated rings. The molecule has 0 aliphatic rings. The number of nitrogens with zero attached hydrogens (tertiary/aromatic N) is 3. The van der Waals surface area contributed by atoms with Gasteiger partial charge in [0.05, 0.1) is 27.9 Å². The molecule has 0 atom stereocenters. The number of para-hydroxylation sites is 1. The van der Waals surface area contributed by atoms with E-state index in [2.05, 4.69) is 10.3 Å². The van der Waals surface area contributed by atoms with Crippen LogP contribution in [0.4, 0.5) is 5.69 Å². The first-order valence-electron chi connectivity index (χ1n) is 9.01. The lowest BCUT2D eigenvalue weighted by Gasteiger charge is -2.15. The minimum Gasteiger partial charge on any atom is -0.324 e. The number of carbonyl (C=O) groups is 1. The van der Waals surface area contributed by atoms with Gasteiger partial charge < -0.3 is 5.32 Å². The van der Waals surface area contributed by atoms with E-state index in [0.717, 1.165) is 0 Å².